The number of thiazole rings is 1. The Bertz CT molecular complexity index is 1470. The lowest BCUT2D eigenvalue weighted by Gasteiger charge is -2.31. The van der Waals surface area contributed by atoms with Crippen LogP contribution >= 0.6 is 11.3 Å². The lowest BCUT2D eigenvalue weighted by Crippen LogP contribution is -2.38. The highest BCUT2D eigenvalue weighted by Gasteiger charge is 2.24. The number of nitrogens with one attached hydrogen (secondary N) is 1. The van der Waals surface area contributed by atoms with Gasteiger partial charge in [0.25, 0.3) is 11.5 Å². The van der Waals surface area contributed by atoms with E-state index in [-0.39, 0.29) is 28.1 Å². The minimum Gasteiger partial charge on any atom is -0.457 e. The third-order valence-corrected chi connectivity index (χ3v) is 6.92. The number of esters is 1. The number of fused-ring (bicyclic) bond motifs is 1. The monoisotopic (exact) mass is 553 g/mol. The summed E-state index contributed by atoms with van der Waals surface area (Å²) in [6, 6.07) is 3.10. The minimum atomic E-state index is -0.673. The Morgan fingerprint density at radius 2 is 1.85 bits per heavy atom. The second-order valence-corrected chi connectivity index (χ2v) is 12.5. The van der Waals surface area contributed by atoms with E-state index in [9.17, 15) is 19.5 Å². The second-order valence-electron chi connectivity index (χ2n) is 11.6. The van der Waals surface area contributed by atoms with Crippen LogP contribution in [-0.2, 0) is 14.9 Å². The fourth-order valence-corrected chi connectivity index (χ4v) is 5.01. The van der Waals surface area contributed by atoms with E-state index in [1.54, 1.807) is 32.9 Å². The zero-order chi connectivity index (χ0) is 28.5. The number of pyridine rings is 1. The van der Waals surface area contributed by atoms with Crippen molar-refractivity contribution in [3.63, 3.8) is 0 Å². The SMILES string of the molecule is CC(C)(C)OC(=O)/C=C/c1c(N2CCC(O)CC2)nc2cc(C(=O)Nc3nc(C(C)(C)C)cs3)ccn2c1=O. The van der Waals surface area contributed by atoms with Crippen molar-refractivity contribution < 1.29 is 19.4 Å². The molecule has 0 spiro atoms. The summed E-state index contributed by atoms with van der Waals surface area (Å²) in [7, 11) is 0. The number of amides is 1. The van der Waals surface area contributed by atoms with Crippen LogP contribution in [-0.4, -0.2) is 56.1 Å². The van der Waals surface area contributed by atoms with E-state index in [0.717, 1.165) is 5.69 Å². The highest BCUT2D eigenvalue weighted by atomic mass is 32.1. The minimum absolute atomic E-state index is 0.135. The molecule has 0 saturated carbocycles. The third kappa shape index (κ3) is 6.90. The first-order chi connectivity index (χ1) is 18.2. The zero-order valence-corrected chi connectivity index (χ0v) is 24.0. The molecular formula is C28H35N5O5S. The van der Waals surface area contributed by atoms with Gasteiger partial charge in [-0.05, 0) is 51.8 Å². The number of hydrogen-bond acceptors (Lipinski definition) is 9. The molecule has 4 heterocycles. The average molecular weight is 554 g/mol. The lowest BCUT2D eigenvalue weighted by atomic mass is 9.93. The Morgan fingerprint density at radius 1 is 1.15 bits per heavy atom. The Labute approximate surface area is 231 Å². The van der Waals surface area contributed by atoms with Gasteiger partial charge in [0.2, 0.25) is 0 Å². The molecule has 39 heavy (non-hydrogen) atoms. The smallest absolute Gasteiger partial charge is 0.331 e. The number of aromatic nitrogens is 3. The molecular weight excluding hydrogens is 518 g/mol. The number of anilines is 2. The van der Waals surface area contributed by atoms with Crippen LogP contribution in [0.3, 0.4) is 0 Å². The quantitative estimate of drug-likeness (QED) is 0.359. The van der Waals surface area contributed by atoms with E-state index in [1.807, 2.05) is 10.3 Å². The van der Waals surface area contributed by atoms with Gasteiger partial charge >= 0.3 is 5.97 Å². The van der Waals surface area contributed by atoms with Crippen molar-refractivity contribution in [1.29, 1.82) is 0 Å². The summed E-state index contributed by atoms with van der Waals surface area (Å²) >= 11 is 1.35. The van der Waals surface area contributed by atoms with Crippen LogP contribution in [0, 0.1) is 0 Å². The normalized spacial score (nSPS) is 15.2. The van der Waals surface area contributed by atoms with Crippen molar-refractivity contribution in [2.45, 2.75) is 71.5 Å². The van der Waals surface area contributed by atoms with Gasteiger partial charge in [0, 0.05) is 41.7 Å². The molecule has 0 unspecified atom stereocenters. The number of aliphatic hydroxyl groups is 1. The topological polar surface area (TPSA) is 126 Å². The van der Waals surface area contributed by atoms with E-state index < -0.39 is 17.7 Å². The summed E-state index contributed by atoms with van der Waals surface area (Å²) in [6.45, 7) is 12.5. The molecule has 3 aromatic heterocycles. The van der Waals surface area contributed by atoms with Gasteiger partial charge < -0.3 is 14.7 Å². The molecule has 0 aliphatic carbocycles. The highest BCUT2D eigenvalue weighted by Crippen LogP contribution is 2.27. The molecule has 10 nitrogen and oxygen atoms in total. The predicted octanol–water partition coefficient (Wildman–Crippen LogP) is 4.02. The number of ether oxygens (including phenoxy) is 1. The number of rotatable bonds is 5. The molecule has 0 radical (unpaired) electrons. The first kappa shape index (κ1) is 28.4. The molecule has 3 aromatic rings. The van der Waals surface area contributed by atoms with Crippen LogP contribution in [0.5, 0.6) is 0 Å². The Morgan fingerprint density at radius 3 is 2.46 bits per heavy atom. The number of hydrogen-bond donors (Lipinski definition) is 2. The third-order valence-electron chi connectivity index (χ3n) is 6.16. The van der Waals surface area contributed by atoms with Crippen molar-refractivity contribution in [2.24, 2.45) is 0 Å². The van der Waals surface area contributed by atoms with E-state index in [0.29, 0.717) is 42.4 Å². The lowest BCUT2D eigenvalue weighted by molar-refractivity contribution is -0.148. The zero-order valence-electron chi connectivity index (χ0n) is 23.1. The summed E-state index contributed by atoms with van der Waals surface area (Å²) in [5.41, 5.74) is 0.534. The van der Waals surface area contributed by atoms with Crippen LogP contribution in [0.25, 0.3) is 11.7 Å². The molecule has 0 aromatic carbocycles. The standard InChI is InChI=1S/C28H35N5O5S/c1-27(2,3)20-16-39-26(29-20)31-24(36)17-9-14-33-21(15-17)30-23(32-12-10-18(34)11-13-32)19(25(33)37)7-8-22(35)38-28(4,5)6/h7-9,14-16,18,34H,10-13H2,1-6H3,(H,29,31,36)/b8-7+. The first-order valence-corrected chi connectivity index (χ1v) is 13.8. The molecule has 4 rings (SSSR count). The van der Waals surface area contributed by atoms with Gasteiger partial charge in [0.1, 0.15) is 17.1 Å². The Hall–Kier alpha value is -3.57. The molecule has 1 saturated heterocycles. The van der Waals surface area contributed by atoms with Gasteiger partial charge in [-0.3, -0.25) is 19.3 Å². The van der Waals surface area contributed by atoms with Crippen molar-refractivity contribution in [3.8, 4) is 0 Å². The number of carbonyl (C=O) groups excluding carboxylic acids is 2. The van der Waals surface area contributed by atoms with Crippen LogP contribution in [0.1, 0.15) is 76.0 Å². The van der Waals surface area contributed by atoms with Crippen LogP contribution in [0.4, 0.5) is 10.9 Å². The largest absolute Gasteiger partial charge is 0.457 e. The Balaban J connectivity index is 1.70. The maximum absolute atomic E-state index is 13.6. The summed E-state index contributed by atoms with van der Waals surface area (Å²) in [6.07, 6.45) is 4.79. The molecule has 0 atom stereocenters. The maximum Gasteiger partial charge on any atom is 0.331 e. The van der Waals surface area contributed by atoms with E-state index in [2.05, 4.69) is 31.1 Å². The van der Waals surface area contributed by atoms with Gasteiger partial charge in [0.15, 0.2) is 5.13 Å². The average Bonchev–Trinajstić information content (AvgIpc) is 3.31. The molecule has 2 N–H and O–H groups in total. The summed E-state index contributed by atoms with van der Waals surface area (Å²) in [4.78, 5) is 50.1. The predicted molar refractivity (Wildman–Crippen MR) is 153 cm³/mol. The van der Waals surface area contributed by atoms with Crippen molar-refractivity contribution in [1.82, 2.24) is 14.4 Å². The van der Waals surface area contributed by atoms with Crippen molar-refractivity contribution in [2.75, 3.05) is 23.3 Å². The van der Waals surface area contributed by atoms with Crippen molar-refractivity contribution in [3.05, 3.63) is 57.0 Å². The van der Waals surface area contributed by atoms with Crippen LogP contribution < -0.4 is 15.8 Å². The Kier molecular flexibility index (Phi) is 7.94. The van der Waals surface area contributed by atoms with Gasteiger partial charge in [0.05, 0.1) is 17.4 Å². The molecule has 208 valence electrons. The van der Waals surface area contributed by atoms with Gasteiger partial charge in [-0.2, -0.15) is 0 Å². The molecule has 0 bridgehead atoms. The summed E-state index contributed by atoms with van der Waals surface area (Å²) in [5.74, 6) is -0.548. The van der Waals surface area contributed by atoms with Crippen molar-refractivity contribution >= 4 is 45.9 Å². The molecule has 1 aliphatic rings. The molecule has 11 heteroatoms. The number of nitrogens with zero attached hydrogens (tertiary/aromatic N) is 4. The fourth-order valence-electron chi connectivity index (χ4n) is 4.08. The second kappa shape index (κ2) is 10.9. The van der Waals surface area contributed by atoms with Gasteiger partial charge in [-0.15, -0.1) is 11.3 Å². The number of aliphatic hydroxyl groups excluding tert-OH is 1. The maximum atomic E-state index is 13.6. The van der Waals surface area contributed by atoms with Crippen LogP contribution in [0.2, 0.25) is 0 Å². The van der Waals surface area contributed by atoms with Gasteiger partial charge in [-0.25, -0.2) is 14.8 Å². The van der Waals surface area contributed by atoms with E-state index >= 15 is 0 Å². The van der Waals surface area contributed by atoms with Gasteiger partial charge in [-0.1, -0.05) is 20.8 Å². The summed E-state index contributed by atoms with van der Waals surface area (Å²) in [5, 5.41) is 15.2. The first-order valence-electron chi connectivity index (χ1n) is 12.9. The fraction of sp³-hybridized carbons (Fsp3) is 0.464. The van der Waals surface area contributed by atoms with E-state index in [1.165, 1.54) is 34.1 Å². The molecule has 1 amide bonds. The summed E-state index contributed by atoms with van der Waals surface area (Å²) < 4.78 is 6.69. The molecule has 1 aliphatic heterocycles. The molecule has 1 fully saturated rings. The van der Waals surface area contributed by atoms with E-state index in [4.69, 9.17) is 9.72 Å². The number of carbonyl (C=O) groups is 2. The van der Waals surface area contributed by atoms with Crippen LogP contribution in [0.15, 0.2) is 34.6 Å². The number of piperidine rings is 1. The highest BCUT2D eigenvalue weighted by molar-refractivity contribution is 7.14.